The predicted molar refractivity (Wildman–Crippen MR) is 67.6 cm³/mol. The van der Waals surface area contributed by atoms with Crippen LogP contribution in [0.25, 0.3) is 0 Å². The van der Waals surface area contributed by atoms with Crippen LogP contribution in [0, 0.1) is 17.0 Å². The topological polar surface area (TPSA) is 101 Å². The van der Waals surface area contributed by atoms with E-state index in [1.165, 1.54) is 12.1 Å². The lowest BCUT2D eigenvalue weighted by Gasteiger charge is -2.04. The van der Waals surface area contributed by atoms with Crippen molar-refractivity contribution in [2.75, 3.05) is 0 Å². The van der Waals surface area contributed by atoms with Crippen LogP contribution in [0.1, 0.15) is 21.7 Å². The Morgan fingerprint density at radius 1 is 1.47 bits per heavy atom. The highest BCUT2D eigenvalue weighted by Crippen LogP contribution is 2.16. The predicted octanol–water partition coefficient (Wildman–Crippen LogP) is 1.56. The van der Waals surface area contributed by atoms with Gasteiger partial charge in [-0.1, -0.05) is 0 Å². The molecule has 0 aliphatic rings. The van der Waals surface area contributed by atoms with Crippen LogP contribution < -0.4 is 5.32 Å². The van der Waals surface area contributed by atoms with Crippen LogP contribution in [0.5, 0.6) is 0 Å². The normalized spacial score (nSPS) is 10.2. The molecule has 1 heterocycles. The summed E-state index contributed by atoms with van der Waals surface area (Å²) in [5.41, 5.74) is 0.832. The monoisotopic (exact) mass is 260 g/mol. The fourth-order valence-corrected chi connectivity index (χ4v) is 1.66. The van der Waals surface area contributed by atoms with E-state index < -0.39 is 4.92 Å². The second-order valence-corrected chi connectivity index (χ2v) is 4.03. The van der Waals surface area contributed by atoms with Crippen LogP contribution in [0.2, 0.25) is 0 Å². The number of amides is 1. The second kappa shape index (κ2) is 5.30. The molecule has 0 fully saturated rings. The van der Waals surface area contributed by atoms with Crippen LogP contribution in [0.15, 0.2) is 30.6 Å². The minimum absolute atomic E-state index is 0.0943. The largest absolute Gasteiger partial charge is 0.347 e. The van der Waals surface area contributed by atoms with E-state index >= 15 is 0 Å². The molecule has 0 radical (unpaired) electrons. The number of hydrogen-bond donors (Lipinski definition) is 2. The Labute approximate surface area is 108 Å². The first kappa shape index (κ1) is 12.7. The number of hydrogen-bond acceptors (Lipinski definition) is 4. The Morgan fingerprint density at radius 2 is 2.26 bits per heavy atom. The smallest absolute Gasteiger partial charge is 0.270 e. The van der Waals surface area contributed by atoms with Gasteiger partial charge in [-0.05, 0) is 18.6 Å². The molecule has 2 N–H and O–H groups in total. The summed E-state index contributed by atoms with van der Waals surface area (Å²) in [6.45, 7) is 1.95. The number of aromatic nitrogens is 2. The molecule has 0 aliphatic carbocycles. The lowest BCUT2D eigenvalue weighted by molar-refractivity contribution is -0.384. The molecular formula is C12H12N4O3. The number of H-pyrrole nitrogens is 1. The van der Waals surface area contributed by atoms with E-state index in [-0.39, 0.29) is 23.7 Å². The minimum atomic E-state index is -0.518. The SMILES string of the molecule is Cc1cc(C(=O)NCc2ncc[nH]2)cc([N+](=O)[O-])c1. The lowest BCUT2D eigenvalue weighted by Crippen LogP contribution is -2.23. The van der Waals surface area contributed by atoms with Gasteiger partial charge in [-0.3, -0.25) is 14.9 Å². The van der Waals surface area contributed by atoms with Gasteiger partial charge in [-0.2, -0.15) is 0 Å². The number of nitrogens with one attached hydrogen (secondary N) is 2. The zero-order valence-electron chi connectivity index (χ0n) is 10.2. The average molecular weight is 260 g/mol. The number of nitro benzene ring substituents is 1. The number of rotatable bonds is 4. The third-order valence-corrected chi connectivity index (χ3v) is 2.51. The van der Waals surface area contributed by atoms with Crippen molar-refractivity contribution in [3.63, 3.8) is 0 Å². The quantitative estimate of drug-likeness (QED) is 0.643. The van der Waals surface area contributed by atoms with Gasteiger partial charge in [0.15, 0.2) is 0 Å². The van der Waals surface area contributed by atoms with E-state index in [0.717, 1.165) is 0 Å². The number of aryl methyl sites for hydroxylation is 1. The van der Waals surface area contributed by atoms with Crippen molar-refractivity contribution in [2.45, 2.75) is 13.5 Å². The second-order valence-electron chi connectivity index (χ2n) is 4.03. The van der Waals surface area contributed by atoms with E-state index in [2.05, 4.69) is 15.3 Å². The van der Waals surface area contributed by atoms with Gasteiger partial charge in [-0.25, -0.2) is 4.98 Å². The Balaban J connectivity index is 2.12. The fraction of sp³-hybridized carbons (Fsp3) is 0.167. The standard InChI is InChI=1S/C12H12N4O3/c1-8-4-9(6-10(5-8)16(18)19)12(17)15-7-11-13-2-3-14-11/h2-6H,7H2,1H3,(H,13,14)(H,15,17). The number of benzene rings is 1. The van der Waals surface area contributed by atoms with Crippen LogP contribution in [-0.4, -0.2) is 20.8 Å². The lowest BCUT2D eigenvalue weighted by atomic mass is 10.1. The Bertz CT molecular complexity index is 607. The highest BCUT2D eigenvalue weighted by Gasteiger charge is 2.13. The minimum Gasteiger partial charge on any atom is -0.347 e. The number of aromatic amines is 1. The van der Waals surface area contributed by atoms with Crippen molar-refractivity contribution >= 4 is 11.6 Å². The third-order valence-electron chi connectivity index (χ3n) is 2.51. The molecule has 0 saturated heterocycles. The van der Waals surface area contributed by atoms with Gasteiger partial charge in [0.1, 0.15) is 5.82 Å². The fourth-order valence-electron chi connectivity index (χ4n) is 1.66. The summed E-state index contributed by atoms with van der Waals surface area (Å²) in [6, 6.07) is 4.28. The summed E-state index contributed by atoms with van der Waals surface area (Å²) < 4.78 is 0. The molecule has 7 heteroatoms. The Hall–Kier alpha value is -2.70. The number of nitrogens with zero attached hydrogens (tertiary/aromatic N) is 2. The zero-order chi connectivity index (χ0) is 13.8. The van der Waals surface area contributed by atoms with E-state index in [0.29, 0.717) is 11.4 Å². The maximum absolute atomic E-state index is 11.9. The van der Waals surface area contributed by atoms with E-state index in [9.17, 15) is 14.9 Å². The molecule has 0 saturated carbocycles. The number of non-ortho nitro benzene ring substituents is 1. The molecular weight excluding hydrogens is 248 g/mol. The van der Waals surface area contributed by atoms with Gasteiger partial charge in [0, 0.05) is 30.1 Å². The van der Waals surface area contributed by atoms with Crippen molar-refractivity contribution in [3.8, 4) is 0 Å². The maximum Gasteiger partial charge on any atom is 0.270 e. The first-order valence-corrected chi connectivity index (χ1v) is 5.59. The van der Waals surface area contributed by atoms with Crippen molar-refractivity contribution in [1.82, 2.24) is 15.3 Å². The summed E-state index contributed by atoms with van der Waals surface area (Å²) in [5.74, 6) is 0.249. The number of carbonyl (C=O) groups is 1. The summed E-state index contributed by atoms with van der Waals surface area (Å²) in [6.07, 6.45) is 3.23. The highest BCUT2D eigenvalue weighted by atomic mass is 16.6. The molecule has 2 rings (SSSR count). The van der Waals surface area contributed by atoms with Crippen molar-refractivity contribution in [1.29, 1.82) is 0 Å². The Kier molecular flexibility index (Phi) is 3.56. The van der Waals surface area contributed by atoms with E-state index in [1.54, 1.807) is 25.4 Å². The molecule has 0 unspecified atom stereocenters. The molecule has 1 aromatic heterocycles. The van der Waals surface area contributed by atoms with Gasteiger partial charge in [-0.15, -0.1) is 0 Å². The van der Waals surface area contributed by atoms with Crippen LogP contribution in [-0.2, 0) is 6.54 Å². The number of imidazole rings is 1. The molecule has 1 amide bonds. The van der Waals surface area contributed by atoms with Crippen LogP contribution in [0.4, 0.5) is 5.69 Å². The summed E-state index contributed by atoms with van der Waals surface area (Å²) in [5, 5.41) is 13.4. The van der Waals surface area contributed by atoms with Crippen molar-refractivity contribution in [2.24, 2.45) is 0 Å². The van der Waals surface area contributed by atoms with Crippen molar-refractivity contribution < 1.29 is 9.72 Å². The molecule has 0 aliphatic heterocycles. The van der Waals surface area contributed by atoms with E-state index in [4.69, 9.17) is 0 Å². The number of nitro groups is 1. The first-order valence-electron chi connectivity index (χ1n) is 5.59. The molecule has 0 spiro atoms. The van der Waals surface area contributed by atoms with Gasteiger partial charge >= 0.3 is 0 Å². The van der Waals surface area contributed by atoms with Gasteiger partial charge in [0.25, 0.3) is 11.6 Å². The number of carbonyl (C=O) groups excluding carboxylic acids is 1. The molecule has 98 valence electrons. The first-order chi connectivity index (χ1) is 9.06. The molecule has 0 atom stereocenters. The van der Waals surface area contributed by atoms with Crippen LogP contribution in [0.3, 0.4) is 0 Å². The average Bonchev–Trinajstić information content (AvgIpc) is 2.88. The van der Waals surface area contributed by atoms with Crippen LogP contribution >= 0.6 is 0 Å². The molecule has 19 heavy (non-hydrogen) atoms. The van der Waals surface area contributed by atoms with Gasteiger partial charge in [0.2, 0.25) is 0 Å². The molecule has 2 aromatic rings. The molecule has 1 aromatic carbocycles. The van der Waals surface area contributed by atoms with E-state index in [1.807, 2.05) is 0 Å². The Morgan fingerprint density at radius 3 is 2.89 bits per heavy atom. The van der Waals surface area contributed by atoms with Gasteiger partial charge in [0.05, 0.1) is 11.5 Å². The highest BCUT2D eigenvalue weighted by molar-refractivity contribution is 5.94. The maximum atomic E-state index is 11.9. The van der Waals surface area contributed by atoms with Gasteiger partial charge < -0.3 is 10.3 Å². The molecule has 0 bridgehead atoms. The summed E-state index contributed by atoms with van der Waals surface area (Å²) in [7, 11) is 0. The van der Waals surface area contributed by atoms with Crippen molar-refractivity contribution in [3.05, 3.63) is 57.7 Å². The third kappa shape index (κ3) is 3.15. The molecule has 7 nitrogen and oxygen atoms in total. The summed E-state index contributed by atoms with van der Waals surface area (Å²) >= 11 is 0. The summed E-state index contributed by atoms with van der Waals surface area (Å²) in [4.78, 5) is 28.9. The zero-order valence-corrected chi connectivity index (χ0v) is 10.2.